The first-order valence-electron chi connectivity index (χ1n) is 33.0. The van der Waals surface area contributed by atoms with Gasteiger partial charge in [-0.05, 0) is 148 Å². The number of methoxy groups -OCH3 is 2. The van der Waals surface area contributed by atoms with Crippen molar-refractivity contribution in [1.29, 1.82) is 0 Å². The van der Waals surface area contributed by atoms with Crippen molar-refractivity contribution in [3.05, 3.63) is 73.8 Å². The summed E-state index contributed by atoms with van der Waals surface area (Å²) < 4.78 is 83.2. The highest BCUT2D eigenvalue weighted by Crippen LogP contribution is 2.46. The van der Waals surface area contributed by atoms with Gasteiger partial charge in [-0.3, -0.25) is 19.3 Å². The second-order valence-corrected chi connectivity index (χ2v) is 29.1. The molecular weight excluding hydrogens is 1250 g/mol. The van der Waals surface area contributed by atoms with Crippen LogP contribution >= 0.6 is 0 Å². The fourth-order valence-corrected chi connectivity index (χ4v) is 14.4. The molecule has 94 heavy (non-hydrogen) atoms. The van der Waals surface area contributed by atoms with Gasteiger partial charge in [-0.25, -0.2) is 50.3 Å². The van der Waals surface area contributed by atoms with Gasteiger partial charge in [-0.1, -0.05) is 87.8 Å². The minimum atomic E-state index is -4.36. The molecule has 6 amide bonds. The van der Waals surface area contributed by atoms with Crippen molar-refractivity contribution in [2.45, 2.75) is 232 Å². The van der Waals surface area contributed by atoms with E-state index in [1.165, 1.54) is 37.3 Å². The fraction of sp³-hybridized carbons (Fsp3) is 0.636. The molecule has 2 aromatic rings. The van der Waals surface area contributed by atoms with Gasteiger partial charge in [0.15, 0.2) is 0 Å². The van der Waals surface area contributed by atoms with Crippen LogP contribution in [0.25, 0.3) is 0 Å². The summed E-state index contributed by atoms with van der Waals surface area (Å²) in [6.07, 6.45) is 19.0. The van der Waals surface area contributed by atoms with Gasteiger partial charge >= 0.3 is 30.2 Å². The maximum atomic E-state index is 13.6. The number of carbonyl (C=O) groups excluding carboxylic acids is 8. The Balaban J connectivity index is 0.000000312. The number of anilines is 2. The van der Waals surface area contributed by atoms with Crippen LogP contribution < -0.4 is 41.8 Å². The molecule has 0 aromatic heterocycles. The molecule has 0 unspecified atom stereocenters. The molecule has 4 saturated carbocycles. The molecule has 5 aliphatic rings. The zero-order chi connectivity index (χ0) is 68.7. The van der Waals surface area contributed by atoms with Crippen LogP contribution in [0.3, 0.4) is 0 Å². The maximum Gasteiger partial charge on any atom is 0.410 e. The Morgan fingerprint density at radius 1 is 0.606 bits per heavy atom. The van der Waals surface area contributed by atoms with E-state index >= 15 is 0 Å². The lowest BCUT2D eigenvalue weighted by atomic mass is 10.1. The van der Waals surface area contributed by atoms with Crippen molar-refractivity contribution in [2.75, 3.05) is 44.5 Å². The van der Waals surface area contributed by atoms with Crippen LogP contribution in [0.2, 0.25) is 0 Å². The summed E-state index contributed by atoms with van der Waals surface area (Å²) in [6.45, 7) is 13.9. The number of nitrogens with one attached hydrogen (secondary N) is 7. The highest BCUT2D eigenvalue weighted by Gasteiger charge is 2.61. The number of nitrogens with zero attached hydrogens (tertiary/aromatic N) is 1. The van der Waals surface area contributed by atoms with Crippen LogP contribution in [0.15, 0.2) is 83.6 Å². The molecule has 5 fully saturated rings. The minimum Gasteiger partial charge on any atom is -0.467 e. The number of likely N-dealkylation sites (tertiary alicyclic amines) is 1. The summed E-state index contributed by atoms with van der Waals surface area (Å²) in [7, 11) is -5.89. The first-order chi connectivity index (χ1) is 44.7. The van der Waals surface area contributed by atoms with E-state index in [-0.39, 0.29) is 34.3 Å². The Hall–Kier alpha value is -7.46. The third kappa shape index (κ3) is 22.3. The van der Waals surface area contributed by atoms with Crippen LogP contribution in [0.1, 0.15) is 175 Å². The molecule has 2 aromatic carbocycles. The Labute approximate surface area is 553 Å². The van der Waals surface area contributed by atoms with E-state index in [4.69, 9.17) is 29.4 Å². The Morgan fingerprint density at radius 2 is 1.04 bits per heavy atom. The molecule has 9 N–H and O–H groups in total. The van der Waals surface area contributed by atoms with E-state index in [1.54, 1.807) is 63.2 Å². The van der Waals surface area contributed by atoms with Crippen LogP contribution in [-0.2, 0) is 67.7 Å². The molecule has 4 aliphatic carbocycles. The zero-order valence-corrected chi connectivity index (χ0v) is 56.7. The van der Waals surface area contributed by atoms with Gasteiger partial charge in [0.2, 0.25) is 5.91 Å². The van der Waals surface area contributed by atoms with Crippen LogP contribution in [-0.4, -0.2) is 151 Å². The standard InChI is InChI=1S/C38H57N5O10S.C28H42N4O7S/c1-6-26-25-38(26,41-32(44)30-21-16-24-43(30)36(48)53-37(2,3)4)34(46)42-54(49,50)31-22-14-13-19-28(31)39-23-15-9-7-8-10-20-29(33(45)51-5)40-35(47)52-27-17-11-12-18-27;1-3-20-19-28(20,29)26(34)32-40(36,37)24-17-11-10-15-22(24)30-18-12-6-4-5-7-16-23(25(33)38-2)31-27(35)39-21-13-8-9-14-21/h6,13-14,19,22,26-27,29-30,39H,1,7-12,15-18,20-21,23-25H2,2-5H3,(H,40,47)(H,41,44)(H,42,46);3,10-11,15,17,20-21,23,30H,1,4-9,12-14,16,18-19,29H2,2H3,(H,31,35)(H,32,34)/t26-,29+,30+,38-;20-,23+,28-/m11/s1. The summed E-state index contributed by atoms with van der Waals surface area (Å²) in [5.74, 6) is -3.91. The number of sulfonamides is 2. The Morgan fingerprint density at radius 3 is 1.47 bits per heavy atom. The quantitative estimate of drug-likeness (QED) is 0.0141. The molecule has 0 bridgehead atoms. The number of rotatable bonds is 34. The van der Waals surface area contributed by atoms with Crippen molar-refractivity contribution in [2.24, 2.45) is 17.6 Å². The molecule has 522 valence electrons. The topological polar surface area (TPSA) is 364 Å². The van der Waals surface area contributed by atoms with Gasteiger partial charge in [-0.2, -0.15) is 0 Å². The van der Waals surface area contributed by atoms with E-state index in [9.17, 15) is 55.2 Å². The highest BCUT2D eigenvalue weighted by atomic mass is 32.2. The second-order valence-electron chi connectivity index (χ2n) is 25.8. The number of esters is 2. The number of para-hydroxylation sites is 2. The van der Waals surface area contributed by atoms with E-state index in [1.807, 2.05) is 0 Å². The van der Waals surface area contributed by atoms with E-state index in [0.29, 0.717) is 69.5 Å². The van der Waals surface area contributed by atoms with Crippen molar-refractivity contribution < 1.29 is 78.9 Å². The number of carbonyl (C=O) groups is 8. The summed E-state index contributed by atoms with van der Waals surface area (Å²) in [5, 5.41) is 14.3. The van der Waals surface area contributed by atoms with Gasteiger partial charge < -0.3 is 56.0 Å². The predicted octanol–water partition coefficient (Wildman–Crippen LogP) is 8.27. The molecule has 7 rings (SSSR count). The van der Waals surface area contributed by atoms with Crippen molar-refractivity contribution in [1.82, 2.24) is 30.3 Å². The zero-order valence-electron chi connectivity index (χ0n) is 55.1. The monoisotopic (exact) mass is 1350 g/mol. The van der Waals surface area contributed by atoms with Gasteiger partial charge in [0.05, 0.1) is 25.6 Å². The SMILES string of the molecule is C=C[C@@H]1C[C@]1(N)C(=O)NS(=O)(=O)c1ccccc1NCCCCCCC[C@H](NC(=O)OC1CCCC1)C(=O)OC.C=C[C@@H]1C[C@]1(NC(=O)[C@@H]1CCCN1C(=O)OC(C)(C)C)C(=O)NS(=O)(=O)c1ccccc1NCCCCCCC[C@H](NC(=O)OC1CCCC1)C(=O)OC. The first-order valence-corrected chi connectivity index (χ1v) is 35.9. The molecule has 7 atom stereocenters. The summed E-state index contributed by atoms with van der Waals surface area (Å²) in [6, 6.07) is 10.3. The number of amides is 6. The van der Waals surface area contributed by atoms with Crippen LogP contribution in [0.4, 0.5) is 25.8 Å². The van der Waals surface area contributed by atoms with E-state index in [0.717, 1.165) is 109 Å². The summed E-state index contributed by atoms with van der Waals surface area (Å²) in [5.41, 5.74) is 3.21. The number of hydrogen-bond donors (Lipinski definition) is 8. The van der Waals surface area contributed by atoms with Gasteiger partial charge in [0.25, 0.3) is 31.9 Å². The normalized spacial score (nSPS) is 21.5. The lowest BCUT2D eigenvalue weighted by Gasteiger charge is -2.29. The largest absolute Gasteiger partial charge is 0.467 e. The maximum absolute atomic E-state index is 13.6. The number of ether oxygens (including phenoxy) is 5. The fourth-order valence-electron chi connectivity index (χ4n) is 11.9. The molecule has 26 nitrogen and oxygen atoms in total. The molecule has 1 aliphatic heterocycles. The van der Waals surface area contributed by atoms with Gasteiger partial charge in [0, 0.05) is 31.5 Å². The molecule has 0 radical (unpaired) electrons. The second kappa shape index (κ2) is 35.3. The molecular formula is C66H99N9O17S2. The number of alkyl carbamates (subject to hydrolysis) is 2. The lowest BCUT2D eigenvalue weighted by molar-refractivity contribution is -0.144. The number of nitrogens with two attached hydrogens (primary N) is 1. The van der Waals surface area contributed by atoms with Gasteiger partial charge in [0.1, 0.15) is 56.8 Å². The average Bonchev–Trinajstić information content (AvgIpc) is 1.58. The minimum absolute atomic E-state index is 0.0180. The number of hydrogen-bond acceptors (Lipinski definition) is 20. The Bertz CT molecular complexity index is 3190. The van der Waals surface area contributed by atoms with Crippen molar-refractivity contribution in [3.63, 3.8) is 0 Å². The summed E-state index contributed by atoms with van der Waals surface area (Å²) >= 11 is 0. The molecule has 1 saturated heterocycles. The van der Waals surface area contributed by atoms with Crippen molar-refractivity contribution >= 4 is 79.4 Å². The molecule has 28 heteroatoms. The van der Waals surface area contributed by atoms with E-state index < -0.39 is 109 Å². The number of unbranched alkanes of at least 4 members (excludes halogenated alkanes) is 8. The Kier molecular flexibility index (Phi) is 28.4. The smallest absolute Gasteiger partial charge is 0.410 e. The molecule has 0 spiro atoms. The first kappa shape index (κ1) is 75.6. The summed E-state index contributed by atoms with van der Waals surface area (Å²) in [4.78, 5) is 102. The van der Waals surface area contributed by atoms with Gasteiger partial charge in [-0.15, -0.1) is 13.2 Å². The van der Waals surface area contributed by atoms with Crippen LogP contribution in [0, 0.1) is 11.8 Å². The number of benzene rings is 2. The van der Waals surface area contributed by atoms with E-state index in [2.05, 4.69) is 49.2 Å². The highest BCUT2D eigenvalue weighted by molar-refractivity contribution is 7.90. The third-order valence-corrected chi connectivity index (χ3v) is 20.3. The van der Waals surface area contributed by atoms with Crippen molar-refractivity contribution in [3.8, 4) is 0 Å². The lowest BCUT2D eigenvalue weighted by Crippen LogP contribution is -2.56. The molecule has 1 heterocycles. The van der Waals surface area contributed by atoms with Crippen LogP contribution in [0.5, 0.6) is 0 Å². The third-order valence-electron chi connectivity index (χ3n) is 17.5. The average molecular weight is 1350 g/mol. The predicted molar refractivity (Wildman–Crippen MR) is 352 cm³/mol.